The molecule has 2 fully saturated rings. The zero-order valence-corrected chi connectivity index (χ0v) is 21.3. The van der Waals surface area contributed by atoms with Gasteiger partial charge in [-0.15, -0.1) is 0 Å². The minimum atomic E-state index is -3.69. The number of aromatic nitrogens is 1. The Labute approximate surface area is 211 Å². The Balaban J connectivity index is 1.44. The molecule has 1 saturated heterocycles. The third-order valence-electron chi connectivity index (χ3n) is 7.38. The molecule has 3 aliphatic rings. The Morgan fingerprint density at radius 1 is 1.17 bits per heavy atom. The van der Waals surface area contributed by atoms with Crippen LogP contribution in [0, 0.1) is 5.41 Å². The molecule has 0 radical (unpaired) electrons. The molecule has 0 atom stereocenters. The number of hydrogen-bond acceptors (Lipinski definition) is 8. The first kappa shape index (κ1) is 24.6. The van der Waals surface area contributed by atoms with Gasteiger partial charge in [-0.25, -0.2) is 13.4 Å². The Bertz CT molecular complexity index is 1240. The molecule has 0 unspecified atom stereocenters. The number of sulfonamides is 1. The molecule has 36 heavy (non-hydrogen) atoms. The predicted octanol–water partition coefficient (Wildman–Crippen LogP) is 2.67. The van der Waals surface area contributed by atoms with Crippen molar-refractivity contribution in [2.24, 2.45) is 5.41 Å². The zero-order chi connectivity index (χ0) is 25.3. The fraction of sp³-hybridized carbons (Fsp3) is 0.520. The van der Waals surface area contributed by atoms with Gasteiger partial charge in [-0.05, 0) is 61.8 Å². The summed E-state index contributed by atoms with van der Waals surface area (Å²) in [5.41, 5.74) is 2.51. The van der Waals surface area contributed by atoms with Crippen LogP contribution in [0.1, 0.15) is 42.5 Å². The van der Waals surface area contributed by atoms with Gasteiger partial charge in [0.05, 0.1) is 41.6 Å². The van der Waals surface area contributed by atoms with E-state index >= 15 is 0 Å². The van der Waals surface area contributed by atoms with Crippen LogP contribution in [0.5, 0.6) is 5.75 Å². The summed E-state index contributed by atoms with van der Waals surface area (Å²) in [6.07, 6.45) is 7.15. The second-order valence-electron chi connectivity index (χ2n) is 9.95. The monoisotopic (exact) mass is 515 g/mol. The lowest BCUT2D eigenvalue weighted by Crippen LogP contribution is -2.35. The molecule has 5 rings (SSSR count). The van der Waals surface area contributed by atoms with E-state index in [9.17, 15) is 13.2 Å². The highest BCUT2D eigenvalue weighted by Gasteiger charge is 2.44. The van der Waals surface area contributed by atoms with Gasteiger partial charge in [-0.2, -0.15) is 0 Å². The van der Waals surface area contributed by atoms with Gasteiger partial charge in [0.1, 0.15) is 0 Å². The maximum absolute atomic E-state index is 13.6. The minimum absolute atomic E-state index is 0.301. The zero-order valence-electron chi connectivity index (χ0n) is 20.5. The standard InChI is InChI=1S/C25H33N5O5S/c1-29-11-2-15-35-22-20(5-10-26-23(22)29)27-24(32)19-4-3-18(28-36(33,34)16-14-31)17-21(19)30-12-8-25(6-7-25)9-13-30/h3-5,10,17,28,31H,2,6-9,11-16H2,1H3,(H,26,27,32). The van der Waals surface area contributed by atoms with Crippen LogP contribution in [-0.4, -0.2) is 70.1 Å². The van der Waals surface area contributed by atoms with Crippen LogP contribution in [0.4, 0.5) is 22.9 Å². The second kappa shape index (κ2) is 9.78. The van der Waals surface area contributed by atoms with E-state index in [-0.39, 0.29) is 5.91 Å². The van der Waals surface area contributed by atoms with Crippen LogP contribution < -0.4 is 24.6 Å². The lowest BCUT2D eigenvalue weighted by molar-refractivity contribution is 0.102. The first-order valence-corrected chi connectivity index (χ1v) is 14.1. The molecule has 11 heteroatoms. The predicted molar refractivity (Wildman–Crippen MR) is 140 cm³/mol. The molecule has 194 valence electrons. The van der Waals surface area contributed by atoms with Gasteiger partial charge in [0, 0.05) is 32.9 Å². The van der Waals surface area contributed by atoms with Crippen LogP contribution in [0.2, 0.25) is 0 Å². The third-order valence-corrected chi connectivity index (χ3v) is 8.64. The van der Waals surface area contributed by atoms with Crippen molar-refractivity contribution >= 4 is 38.8 Å². The largest absolute Gasteiger partial charge is 0.488 e. The third kappa shape index (κ3) is 5.22. The Morgan fingerprint density at radius 3 is 2.67 bits per heavy atom. The van der Waals surface area contributed by atoms with Crippen LogP contribution in [0.15, 0.2) is 30.5 Å². The van der Waals surface area contributed by atoms with Gasteiger partial charge >= 0.3 is 0 Å². The first-order chi connectivity index (χ1) is 17.3. The number of anilines is 4. The molecule has 0 bridgehead atoms. The van der Waals surface area contributed by atoms with E-state index in [1.54, 1.807) is 30.5 Å². The van der Waals surface area contributed by atoms with E-state index in [4.69, 9.17) is 9.84 Å². The van der Waals surface area contributed by atoms with E-state index in [0.717, 1.165) is 38.9 Å². The van der Waals surface area contributed by atoms with Gasteiger partial charge < -0.3 is 25.0 Å². The Morgan fingerprint density at radius 2 is 1.94 bits per heavy atom. The van der Waals surface area contributed by atoms with Crippen molar-refractivity contribution in [1.82, 2.24) is 4.98 Å². The van der Waals surface area contributed by atoms with Crippen LogP contribution in [0.3, 0.4) is 0 Å². The summed E-state index contributed by atoms with van der Waals surface area (Å²) in [6.45, 7) is 2.50. The number of rotatable bonds is 7. The highest BCUT2D eigenvalue weighted by Crippen LogP contribution is 2.54. The molecular weight excluding hydrogens is 482 g/mol. The number of nitrogens with one attached hydrogen (secondary N) is 2. The van der Waals surface area contributed by atoms with Crippen molar-refractivity contribution in [3.05, 3.63) is 36.0 Å². The quantitative estimate of drug-likeness (QED) is 0.514. The number of aliphatic hydroxyl groups is 1. The van der Waals surface area contributed by atoms with Crippen LogP contribution >= 0.6 is 0 Å². The maximum atomic E-state index is 13.6. The van der Waals surface area contributed by atoms with Crippen LogP contribution in [0.25, 0.3) is 0 Å². The van der Waals surface area contributed by atoms with Crippen molar-refractivity contribution < 1.29 is 23.1 Å². The fourth-order valence-corrected chi connectivity index (χ4v) is 5.85. The van der Waals surface area contributed by atoms with Crippen molar-refractivity contribution in [2.45, 2.75) is 32.1 Å². The number of nitrogens with zero attached hydrogens (tertiary/aromatic N) is 3. The average Bonchev–Trinajstić information content (AvgIpc) is 3.63. The minimum Gasteiger partial charge on any atom is -0.488 e. The van der Waals surface area contributed by atoms with E-state index in [1.807, 2.05) is 11.9 Å². The number of hydrogen-bond donors (Lipinski definition) is 3. The summed E-state index contributed by atoms with van der Waals surface area (Å²) in [5.74, 6) is 0.544. The second-order valence-corrected chi connectivity index (χ2v) is 11.8. The number of ether oxygens (including phenoxy) is 1. The van der Waals surface area contributed by atoms with Gasteiger partial charge in [-0.1, -0.05) is 0 Å². The number of fused-ring (bicyclic) bond motifs is 1. The SMILES string of the molecule is CN1CCCOc2c(NC(=O)c3ccc(NS(=O)(=O)CCO)cc3N3CCC4(CC3)CC4)ccnc21. The molecule has 3 heterocycles. The molecule has 1 saturated carbocycles. The topological polar surface area (TPSA) is 124 Å². The van der Waals surface area contributed by atoms with Crippen molar-refractivity contribution in [3.8, 4) is 5.75 Å². The number of pyridine rings is 1. The lowest BCUT2D eigenvalue weighted by atomic mass is 9.93. The Hall–Kier alpha value is -3.05. The molecule has 1 spiro atoms. The fourth-order valence-electron chi connectivity index (χ4n) is 5.02. The number of amides is 1. The number of carbonyl (C=O) groups excluding carboxylic acids is 1. The van der Waals surface area contributed by atoms with Crippen molar-refractivity contribution in [3.63, 3.8) is 0 Å². The number of benzene rings is 1. The molecular formula is C25H33N5O5S. The van der Waals surface area contributed by atoms with E-state index in [2.05, 4.69) is 19.9 Å². The molecule has 3 N–H and O–H groups in total. The van der Waals surface area contributed by atoms with E-state index < -0.39 is 22.4 Å². The summed E-state index contributed by atoms with van der Waals surface area (Å²) >= 11 is 0. The van der Waals surface area contributed by atoms with Crippen molar-refractivity contribution in [2.75, 3.05) is 65.5 Å². The number of piperidine rings is 1. The smallest absolute Gasteiger partial charge is 0.257 e. The highest BCUT2D eigenvalue weighted by atomic mass is 32.2. The normalized spacial score (nSPS) is 18.7. The summed E-state index contributed by atoms with van der Waals surface area (Å²) in [7, 11) is -1.74. The summed E-state index contributed by atoms with van der Waals surface area (Å²) in [4.78, 5) is 22.2. The summed E-state index contributed by atoms with van der Waals surface area (Å²) in [6, 6.07) is 6.67. The van der Waals surface area contributed by atoms with Crippen LogP contribution in [-0.2, 0) is 10.0 Å². The maximum Gasteiger partial charge on any atom is 0.257 e. The molecule has 10 nitrogen and oxygen atoms in total. The van der Waals surface area contributed by atoms with E-state index in [0.29, 0.717) is 46.2 Å². The summed E-state index contributed by atoms with van der Waals surface area (Å²) in [5, 5.41) is 12.1. The average molecular weight is 516 g/mol. The summed E-state index contributed by atoms with van der Waals surface area (Å²) < 4.78 is 32.9. The molecule has 1 aromatic heterocycles. The molecule has 2 aromatic rings. The first-order valence-electron chi connectivity index (χ1n) is 12.4. The van der Waals surface area contributed by atoms with Gasteiger partial charge in [0.2, 0.25) is 10.0 Å². The number of carbonyl (C=O) groups is 1. The molecule has 1 amide bonds. The van der Waals surface area contributed by atoms with Crippen molar-refractivity contribution in [1.29, 1.82) is 0 Å². The van der Waals surface area contributed by atoms with Gasteiger partial charge in [0.15, 0.2) is 11.6 Å². The van der Waals surface area contributed by atoms with Gasteiger partial charge in [0.25, 0.3) is 5.91 Å². The molecule has 2 aliphatic heterocycles. The molecule has 1 aromatic carbocycles. The lowest BCUT2D eigenvalue weighted by Gasteiger charge is -2.35. The van der Waals surface area contributed by atoms with Gasteiger partial charge in [-0.3, -0.25) is 9.52 Å². The van der Waals surface area contributed by atoms with E-state index in [1.165, 1.54) is 12.8 Å². The Kier molecular flexibility index (Phi) is 6.69. The molecule has 1 aliphatic carbocycles. The number of aliphatic hydroxyl groups excluding tert-OH is 1. The highest BCUT2D eigenvalue weighted by molar-refractivity contribution is 7.92.